The first-order valence-corrected chi connectivity index (χ1v) is 11.1. The van der Waals surface area contributed by atoms with Crippen LogP contribution in [0.1, 0.15) is 31.7 Å². The number of carbonyl (C=O) groups is 2. The van der Waals surface area contributed by atoms with E-state index >= 15 is 0 Å². The molecule has 2 heterocycles. The number of benzene rings is 1. The van der Waals surface area contributed by atoms with Crippen molar-refractivity contribution >= 4 is 22.0 Å². The average Bonchev–Trinajstić information content (AvgIpc) is 3.00. The van der Waals surface area contributed by atoms with Gasteiger partial charge in [0.15, 0.2) is 0 Å². The molecule has 0 bridgehead atoms. The van der Waals surface area contributed by atoms with E-state index < -0.39 is 10.0 Å². The third kappa shape index (κ3) is 4.53. The molecule has 8 nitrogen and oxygen atoms in total. The predicted octanol–water partition coefficient (Wildman–Crippen LogP) is 1.06. The monoisotopic (exact) mass is 408 g/mol. The number of nitrogens with zero attached hydrogens (tertiary/aromatic N) is 3. The van der Waals surface area contributed by atoms with Gasteiger partial charge in [0.1, 0.15) is 0 Å². The van der Waals surface area contributed by atoms with Gasteiger partial charge in [0, 0.05) is 32.7 Å². The van der Waals surface area contributed by atoms with Crippen LogP contribution in [0, 0.1) is 0 Å². The lowest BCUT2D eigenvalue weighted by Gasteiger charge is -2.34. The van der Waals surface area contributed by atoms with E-state index in [0.29, 0.717) is 50.0 Å². The van der Waals surface area contributed by atoms with E-state index in [9.17, 15) is 18.0 Å². The number of rotatable bonds is 7. The standard InChI is InChI=1S/C19H28N4O4S/c1-15(2)16-4-6-17(7-5-16)28(26,27)22-12-10-21(11-13-22)8-3-9-23-18(24)14-20-19(23)25/h4-7,15H,3,8-14H2,1-2H3,(H,20,25). The minimum atomic E-state index is -3.48. The van der Waals surface area contributed by atoms with Crippen LogP contribution in [0.3, 0.4) is 0 Å². The summed E-state index contributed by atoms with van der Waals surface area (Å²) in [6.07, 6.45) is 0.683. The average molecular weight is 409 g/mol. The van der Waals surface area contributed by atoms with Crippen LogP contribution in [0.5, 0.6) is 0 Å². The van der Waals surface area contributed by atoms with Crippen molar-refractivity contribution in [2.45, 2.75) is 31.1 Å². The van der Waals surface area contributed by atoms with Crippen molar-refractivity contribution in [3.05, 3.63) is 29.8 Å². The van der Waals surface area contributed by atoms with Crippen LogP contribution in [0.4, 0.5) is 4.79 Å². The summed E-state index contributed by atoms with van der Waals surface area (Å²) in [6.45, 7) is 7.53. The molecule has 9 heteroatoms. The van der Waals surface area contributed by atoms with Crippen molar-refractivity contribution < 1.29 is 18.0 Å². The highest BCUT2D eigenvalue weighted by Gasteiger charge is 2.30. The number of imide groups is 1. The normalized spacial score (nSPS) is 19.5. The summed E-state index contributed by atoms with van der Waals surface area (Å²) in [4.78, 5) is 26.8. The Labute approximate surface area is 166 Å². The molecule has 2 aliphatic rings. The summed E-state index contributed by atoms with van der Waals surface area (Å²) >= 11 is 0. The molecule has 3 amide bonds. The van der Waals surface area contributed by atoms with E-state index in [1.165, 1.54) is 9.21 Å². The molecule has 1 aromatic rings. The molecule has 0 aliphatic carbocycles. The van der Waals surface area contributed by atoms with Gasteiger partial charge in [0.2, 0.25) is 15.9 Å². The molecule has 0 aromatic heterocycles. The van der Waals surface area contributed by atoms with Gasteiger partial charge in [-0.3, -0.25) is 9.69 Å². The van der Waals surface area contributed by atoms with Crippen LogP contribution >= 0.6 is 0 Å². The Bertz CT molecular complexity index is 799. The van der Waals surface area contributed by atoms with Crippen LogP contribution < -0.4 is 5.32 Å². The Morgan fingerprint density at radius 3 is 2.18 bits per heavy atom. The zero-order valence-corrected chi connectivity index (χ0v) is 17.2. The van der Waals surface area contributed by atoms with Crippen LogP contribution in [0.15, 0.2) is 29.2 Å². The molecule has 2 aliphatic heterocycles. The molecular weight excluding hydrogens is 380 g/mol. The van der Waals surface area contributed by atoms with Gasteiger partial charge in [0.25, 0.3) is 0 Å². The topological polar surface area (TPSA) is 90.0 Å². The molecule has 1 N–H and O–H groups in total. The van der Waals surface area contributed by atoms with Crippen LogP contribution in [-0.4, -0.2) is 80.3 Å². The summed E-state index contributed by atoms with van der Waals surface area (Å²) in [6, 6.07) is 6.81. The molecule has 1 aromatic carbocycles. The quantitative estimate of drug-likeness (QED) is 0.682. The number of sulfonamides is 1. The van der Waals surface area contributed by atoms with Crippen molar-refractivity contribution in [2.75, 3.05) is 45.8 Å². The maximum Gasteiger partial charge on any atom is 0.324 e. The number of nitrogens with one attached hydrogen (secondary N) is 1. The highest BCUT2D eigenvalue weighted by atomic mass is 32.2. The van der Waals surface area contributed by atoms with Crippen molar-refractivity contribution in [1.82, 2.24) is 19.4 Å². The van der Waals surface area contributed by atoms with Gasteiger partial charge in [-0.2, -0.15) is 4.31 Å². The van der Waals surface area contributed by atoms with Gasteiger partial charge in [-0.25, -0.2) is 13.2 Å². The number of amides is 3. The zero-order valence-electron chi connectivity index (χ0n) is 16.4. The second-order valence-corrected chi connectivity index (χ2v) is 9.47. The van der Waals surface area contributed by atoms with E-state index in [1.807, 2.05) is 12.1 Å². The van der Waals surface area contributed by atoms with Crippen molar-refractivity contribution in [2.24, 2.45) is 0 Å². The minimum absolute atomic E-state index is 0.0769. The number of hydrogen-bond donors (Lipinski definition) is 1. The molecule has 0 unspecified atom stereocenters. The smallest absolute Gasteiger partial charge is 0.324 e. The second kappa shape index (κ2) is 8.59. The van der Waals surface area contributed by atoms with Gasteiger partial charge in [-0.05, 0) is 36.6 Å². The highest BCUT2D eigenvalue weighted by Crippen LogP contribution is 2.21. The second-order valence-electron chi connectivity index (χ2n) is 7.53. The first-order chi connectivity index (χ1) is 13.3. The van der Waals surface area contributed by atoms with E-state index in [-0.39, 0.29) is 18.5 Å². The summed E-state index contributed by atoms with van der Waals surface area (Å²) < 4.78 is 27.2. The van der Waals surface area contributed by atoms with E-state index in [2.05, 4.69) is 24.1 Å². The number of hydrogen-bond acceptors (Lipinski definition) is 5. The van der Waals surface area contributed by atoms with Crippen LogP contribution in [0.25, 0.3) is 0 Å². The van der Waals surface area contributed by atoms with E-state index in [4.69, 9.17) is 0 Å². The SMILES string of the molecule is CC(C)c1ccc(S(=O)(=O)N2CCN(CCCN3C(=O)CNC3=O)CC2)cc1. The van der Waals surface area contributed by atoms with E-state index in [0.717, 1.165) is 12.1 Å². The predicted molar refractivity (Wildman–Crippen MR) is 105 cm³/mol. The summed E-state index contributed by atoms with van der Waals surface area (Å²) in [7, 11) is -3.48. The minimum Gasteiger partial charge on any atom is -0.329 e. The fourth-order valence-electron chi connectivity index (χ4n) is 3.50. The molecule has 0 saturated carbocycles. The van der Waals surface area contributed by atoms with Crippen LogP contribution in [0.2, 0.25) is 0 Å². The third-order valence-corrected chi connectivity index (χ3v) is 7.22. The van der Waals surface area contributed by atoms with Gasteiger partial charge in [-0.15, -0.1) is 0 Å². The van der Waals surface area contributed by atoms with Gasteiger partial charge >= 0.3 is 6.03 Å². The third-order valence-electron chi connectivity index (χ3n) is 5.31. The first kappa shape index (κ1) is 20.8. The Balaban J connectivity index is 1.49. The first-order valence-electron chi connectivity index (χ1n) is 9.69. The van der Waals surface area contributed by atoms with Crippen molar-refractivity contribution in [3.8, 4) is 0 Å². The summed E-state index contributed by atoms with van der Waals surface area (Å²) in [5.74, 6) is 0.173. The Hall–Kier alpha value is -1.97. The molecular formula is C19H28N4O4S. The molecule has 0 radical (unpaired) electrons. The van der Waals surface area contributed by atoms with Crippen molar-refractivity contribution in [3.63, 3.8) is 0 Å². The van der Waals surface area contributed by atoms with Crippen molar-refractivity contribution in [1.29, 1.82) is 0 Å². The molecule has 154 valence electrons. The highest BCUT2D eigenvalue weighted by molar-refractivity contribution is 7.89. The summed E-state index contributed by atoms with van der Waals surface area (Å²) in [5, 5.41) is 2.51. The molecule has 3 rings (SSSR count). The zero-order chi connectivity index (χ0) is 20.3. The van der Waals surface area contributed by atoms with Crippen LogP contribution in [-0.2, 0) is 14.8 Å². The Kier molecular flexibility index (Phi) is 6.36. The van der Waals surface area contributed by atoms with Gasteiger partial charge < -0.3 is 10.2 Å². The fourth-order valence-corrected chi connectivity index (χ4v) is 4.92. The largest absolute Gasteiger partial charge is 0.329 e. The number of piperazine rings is 1. The number of urea groups is 1. The maximum absolute atomic E-state index is 12.9. The molecule has 2 saturated heterocycles. The van der Waals surface area contributed by atoms with E-state index in [1.54, 1.807) is 12.1 Å². The van der Waals surface area contributed by atoms with Gasteiger partial charge in [0.05, 0.1) is 11.4 Å². The van der Waals surface area contributed by atoms with Gasteiger partial charge in [-0.1, -0.05) is 26.0 Å². The maximum atomic E-state index is 12.9. The molecule has 0 spiro atoms. The number of carbonyl (C=O) groups excluding carboxylic acids is 2. The summed E-state index contributed by atoms with van der Waals surface area (Å²) in [5.41, 5.74) is 1.12. The molecule has 28 heavy (non-hydrogen) atoms. The molecule has 0 atom stereocenters. The Morgan fingerprint density at radius 2 is 1.64 bits per heavy atom. The fraction of sp³-hybridized carbons (Fsp3) is 0.579. The lowest BCUT2D eigenvalue weighted by atomic mass is 10.0. The lowest BCUT2D eigenvalue weighted by molar-refractivity contribution is -0.125. The lowest BCUT2D eigenvalue weighted by Crippen LogP contribution is -2.49. The molecule has 2 fully saturated rings. The Morgan fingerprint density at radius 1 is 1.00 bits per heavy atom.